The fraction of sp³-hybridized carbons (Fsp3) is 0.929. The average molecular weight is 254 g/mol. The molecule has 0 aromatic heterocycles. The van der Waals surface area contributed by atoms with E-state index in [-0.39, 0.29) is 0 Å². The van der Waals surface area contributed by atoms with Crippen LogP contribution in [0.5, 0.6) is 0 Å². The highest BCUT2D eigenvalue weighted by molar-refractivity contribution is 7.80. The van der Waals surface area contributed by atoms with E-state index >= 15 is 0 Å². The van der Waals surface area contributed by atoms with E-state index in [0.717, 1.165) is 5.11 Å². The van der Waals surface area contributed by atoms with Crippen LogP contribution in [0.1, 0.15) is 65.2 Å². The minimum Gasteiger partial charge on any atom is -0.360 e. The molecule has 2 rings (SSSR count). The first-order valence-corrected chi connectivity index (χ1v) is 7.56. The van der Waals surface area contributed by atoms with Crippen molar-refractivity contribution in [2.75, 3.05) is 0 Å². The molecular weight excluding hydrogens is 228 g/mol. The fourth-order valence-electron chi connectivity index (χ4n) is 3.23. The lowest BCUT2D eigenvalue weighted by molar-refractivity contribution is 0.308. The van der Waals surface area contributed by atoms with Crippen molar-refractivity contribution in [2.45, 2.75) is 77.3 Å². The normalized spacial score (nSPS) is 28.9. The van der Waals surface area contributed by atoms with Gasteiger partial charge in [-0.1, -0.05) is 39.5 Å². The molecule has 0 aromatic carbocycles. The Labute approximate surface area is 111 Å². The van der Waals surface area contributed by atoms with Gasteiger partial charge in [-0.2, -0.15) is 0 Å². The predicted molar refractivity (Wildman–Crippen MR) is 77.2 cm³/mol. The molecule has 0 radical (unpaired) electrons. The Hall–Kier alpha value is -0.310. The Morgan fingerprint density at radius 2 is 1.71 bits per heavy atom. The zero-order chi connectivity index (χ0) is 12.3. The summed E-state index contributed by atoms with van der Waals surface area (Å²) in [5.74, 6) is 0. The zero-order valence-electron chi connectivity index (χ0n) is 11.2. The summed E-state index contributed by atoms with van der Waals surface area (Å²) in [6.07, 6.45) is 10.6. The summed E-state index contributed by atoms with van der Waals surface area (Å²) < 4.78 is 0. The maximum atomic E-state index is 5.45. The molecule has 2 aliphatic carbocycles. The van der Waals surface area contributed by atoms with Crippen molar-refractivity contribution in [1.82, 2.24) is 10.6 Å². The minimum atomic E-state index is 0.401. The van der Waals surface area contributed by atoms with E-state index in [0.29, 0.717) is 17.5 Å². The summed E-state index contributed by atoms with van der Waals surface area (Å²) in [5, 5.41) is 7.93. The van der Waals surface area contributed by atoms with E-state index in [2.05, 4.69) is 24.5 Å². The molecule has 1 atom stereocenters. The van der Waals surface area contributed by atoms with E-state index < -0.39 is 0 Å². The molecule has 1 unspecified atom stereocenters. The largest absolute Gasteiger partial charge is 0.360 e. The number of thiocarbonyl (C=S) groups is 1. The monoisotopic (exact) mass is 254 g/mol. The number of hydrogen-bond donors (Lipinski definition) is 2. The third-order valence-electron chi connectivity index (χ3n) is 4.50. The van der Waals surface area contributed by atoms with Crippen molar-refractivity contribution in [1.29, 1.82) is 0 Å². The molecule has 3 heteroatoms. The third-order valence-corrected chi connectivity index (χ3v) is 4.74. The number of nitrogens with one attached hydrogen (secondary N) is 2. The second kappa shape index (κ2) is 5.55. The Morgan fingerprint density at radius 3 is 2.29 bits per heavy atom. The van der Waals surface area contributed by atoms with E-state index in [4.69, 9.17) is 12.2 Å². The zero-order valence-corrected chi connectivity index (χ0v) is 12.0. The van der Waals surface area contributed by atoms with Crippen LogP contribution in [0.15, 0.2) is 0 Å². The van der Waals surface area contributed by atoms with Gasteiger partial charge in [0.2, 0.25) is 0 Å². The molecule has 0 aromatic rings. The molecule has 0 saturated heterocycles. The van der Waals surface area contributed by atoms with Crippen molar-refractivity contribution in [2.24, 2.45) is 5.41 Å². The van der Waals surface area contributed by atoms with Crippen LogP contribution < -0.4 is 10.6 Å². The van der Waals surface area contributed by atoms with E-state index in [1.807, 2.05) is 0 Å². The first kappa shape index (κ1) is 13.1. The van der Waals surface area contributed by atoms with Crippen molar-refractivity contribution in [3.63, 3.8) is 0 Å². The van der Waals surface area contributed by atoms with Crippen LogP contribution in [-0.2, 0) is 0 Å². The SMILES string of the molecule is CC1(C)CCCC1NC(=S)NC1CCCCC1. The second-order valence-corrected chi connectivity index (χ2v) is 6.79. The molecular formula is C14H26N2S. The van der Waals surface area contributed by atoms with Crippen LogP contribution >= 0.6 is 12.2 Å². The van der Waals surface area contributed by atoms with E-state index in [1.54, 1.807) is 0 Å². The summed E-state index contributed by atoms with van der Waals surface area (Å²) in [6, 6.07) is 1.18. The van der Waals surface area contributed by atoms with Gasteiger partial charge < -0.3 is 10.6 Å². The molecule has 2 saturated carbocycles. The highest BCUT2D eigenvalue weighted by Crippen LogP contribution is 2.37. The Bertz CT molecular complexity index is 269. The van der Waals surface area contributed by atoms with Gasteiger partial charge in [-0.3, -0.25) is 0 Å². The molecule has 2 aliphatic rings. The highest BCUT2D eigenvalue weighted by Gasteiger charge is 2.34. The Kier molecular flexibility index (Phi) is 4.29. The van der Waals surface area contributed by atoms with E-state index in [1.165, 1.54) is 51.4 Å². The van der Waals surface area contributed by atoms with Crippen LogP contribution in [0.2, 0.25) is 0 Å². The maximum absolute atomic E-state index is 5.45. The van der Waals surface area contributed by atoms with Gasteiger partial charge in [0, 0.05) is 12.1 Å². The van der Waals surface area contributed by atoms with Gasteiger partial charge in [0.15, 0.2) is 5.11 Å². The average Bonchev–Trinajstić information content (AvgIpc) is 2.59. The van der Waals surface area contributed by atoms with Gasteiger partial charge in [0.05, 0.1) is 0 Å². The predicted octanol–water partition coefficient (Wildman–Crippen LogP) is 3.36. The van der Waals surface area contributed by atoms with Crippen LogP contribution in [0.3, 0.4) is 0 Å². The summed E-state index contributed by atoms with van der Waals surface area (Å²) in [5.41, 5.74) is 0.401. The van der Waals surface area contributed by atoms with Gasteiger partial charge in [-0.25, -0.2) is 0 Å². The Balaban J connectivity index is 1.76. The summed E-state index contributed by atoms with van der Waals surface area (Å²) in [6.45, 7) is 4.70. The molecule has 98 valence electrons. The molecule has 0 aliphatic heterocycles. The summed E-state index contributed by atoms with van der Waals surface area (Å²) in [7, 11) is 0. The molecule has 2 N–H and O–H groups in total. The minimum absolute atomic E-state index is 0.401. The smallest absolute Gasteiger partial charge is 0.166 e. The molecule has 0 bridgehead atoms. The van der Waals surface area contributed by atoms with E-state index in [9.17, 15) is 0 Å². The molecule has 0 amide bonds. The van der Waals surface area contributed by atoms with Crippen LogP contribution in [0.4, 0.5) is 0 Å². The summed E-state index contributed by atoms with van der Waals surface area (Å²) >= 11 is 5.45. The first-order valence-electron chi connectivity index (χ1n) is 7.15. The molecule has 2 nitrogen and oxygen atoms in total. The number of hydrogen-bond acceptors (Lipinski definition) is 1. The Morgan fingerprint density at radius 1 is 1.00 bits per heavy atom. The quantitative estimate of drug-likeness (QED) is 0.739. The molecule has 0 heterocycles. The first-order chi connectivity index (χ1) is 8.08. The number of rotatable bonds is 2. The van der Waals surface area contributed by atoms with Crippen LogP contribution in [0, 0.1) is 5.41 Å². The maximum Gasteiger partial charge on any atom is 0.166 e. The topological polar surface area (TPSA) is 24.1 Å². The standard InChI is InChI=1S/C14H26N2S/c1-14(2)10-6-9-12(14)16-13(17)15-11-7-4-3-5-8-11/h11-12H,3-10H2,1-2H3,(H2,15,16,17). The summed E-state index contributed by atoms with van der Waals surface area (Å²) in [4.78, 5) is 0. The lowest BCUT2D eigenvalue weighted by Crippen LogP contribution is -2.49. The molecule has 0 spiro atoms. The van der Waals surface area contributed by atoms with Gasteiger partial charge in [0.1, 0.15) is 0 Å². The van der Waals surface area contributed by atoms with Crippen LogP contribution in [0.25, 0.3) is 0 Å². The van der Waals surface area contributed by atoms with Crippen molar-refractivity contribution >= 4 is 17.3 Å². The third kappa shape index (κ3) is 3.57. The second-order valence-electron chi connectivity index (χ2n) is 6.39. The highest BCUT2D eigenvalue weighted by atomic mass is 32.1. The van der Waals surface area contributed by atoms with Crippen molar-refractivity contribution < 1.29 is 0 Å². The lowest BCUT2D eigenvalue weighted by atomic mass is 9.87. The molecule has 17 heavy (non-hydrogen) atoms. The van der Waals surface area contributed by atoms with Gasteiger partial charge in [-0.05, 0) is 43.3 Å². The van der Waals surface area contributed by atoms with Gasteiger partial charge >= 0.3 is 0 Å². The van der Waals surface area contributed by atoms with Gasteiger partial charge in [-0.15, -0.1) is 0 Å². The fourth-order valence-corrected chi connectivity index (χ4v) is 3.54. The lowest BCUT2D eigenvalue weighted by Gasteiger charge is -2.31. The van der Waals surface area contributed by atoms with Crippen molar-refractivity contribution in [3.8, 4) is 0 Å². The van der Waals surface area contributed by atoms with Crippen molar-refractivity contribution in [3.05, 3.63) is 0 Å². The molecule has 2 fully saturated rings. The van der Waals surface area contributed by atoms with Crippen LogP contribution in [-0.4, -0.2) is 17.2 Å². The van der Waals surface area contributed by atoms with Gasteiger partial charge in [0.25, 0.3) is 0 Å².